The second-order valence-electron chi connectivity index (χ2n) is 13.7. The highest BCUT2D eigenvalue weighted by molar-refractivity contribution is 7.13. The minimum atomic E-state index is -1.16. The molecule has 2 aliphatic heterocycles. The Morgan fingerprint density at radius 1 is 1.17 bits per heavy atom. The van der Waals surface area contributed by atoms with Gasteiger partial charge in [-0.1, -0.05) is 38.1 Å². The van der Waals surface area contributed by atoms with Gasteiger partial charge in [0, 0.05) is 37.2 Å². The number of rotatable bonds is 7. The first-order valence-electron chi connectivity index (χ1n) is 16.7. The van der Waals surface area contributed by atoms with Gasteiger partial charge in [0.1, 0.15) is 36.4 Å². The van der Waals surface area contributed by atoms with E-state index in [2.05, 4.69) is 27.5 Å². The Labute approximate surface area is 283 Å². The number of Topliss-reactive ketones (excluding diaryl/α,β-unsaturated/α-hetero) is 1. The van der Waals surface area contributed by atoms with Crippen LogP contribution < -0.4 is 5.32 Å². The van der Waals surface area contributed by atoms with Crippen LogP contribution in [0, 0.1) is 17.8 Å². The molecule has 0 radical (unpaired) electrons. The van der Waals surface area contributed by atoms with Gasteiger partial charge in [0.15, 0.2) is 5.60 Å². The maximum absolute atomic E-state index is 13.6. The molecule has 2 fully saturated rings. The molecule has 0 unspecified atom stereocenters. The fourth-order valence-corrected chi connectivity index (χ4v) is 7.79. The van der Waals surface area contributed by atoms with Crippen LogP contribution >= 0.6 is 11.3 Å². The molecule has 0 spiro atoms. The first kappa shape index (κ1) is 36.7. The zero-order valence-electron chi connectivity index (χ0n) is 29.3. The number of carbonyl (C=O) groups excluding carboxylic acids is 3. The van der Waals surface area contributed by atoms with Gasteiger partial charge in [-0.15, -0.1) is 16.4 Å². The number of methoxy groups -OCH3 is 1. The van der Waals surface area contributed by atoms with Crippen molar-refractivity contribution in [2.75, 3.05) is 20.2 Å². The quantitative estimate of drug-likeness (QED) is 0.200. The number of fused-ring (bicyclic) bond motifs is 1. The number of allylic oxidation sites excluding steroid dienone is 1. The van der Waals surface area contributed by atoms with E-state index in [1.165, 1.54) is 11.3 Å². The van der Waals surface area contributed by atoms with Crippen LogP contribution in [0.5, 0.6) is 0 Å². The lowest BCUT2D eigenvalue weighted by atomic mass is 9.62. The van der Waals surface area contributed by atoms with Crippen molar-refractivity contribution in [3.8, 4) is 10.7 Å². The van der Waals surface area contributed by atoms with Gasteiger partial charge in [0.2, 0.25) is 0 Å². The summed E-state index contributed by atoms with van der Waals surface area (Å²) in [6, 6.07) is -0.659. The van der Waals surface area contributed by atoms with Crippen LogP contribution in [0.4, 0.5) is 4.79 Å². The van der Waals surface area contributed by atoms with Crippen molar-refractivity contribution in [3.05, 3.63) is 29.9 Å². The van der Waals surface area contributed by atoms with Crippen LogP contribution in [0.3, 0.4) is 0 Å². The number of ether oxygens (including phenoxy) is 3. The first-order chi connectivity index (χ1) is 22.3. The summed E-state index contributed by atoms with van der Waals surface area (Å²) in [5, 5.41) is 14.7. The average molecular weight is 671 g/mol. The van der Waals surface area contributed by atoms with Crippen molar-refractivity contribution >= 4 is 37.0 Å². The summed E-state index contributed by atoms with van der Waals surface area (Å²) in [6.45, 7) is 14.9. The molecule has 0 aromatic carbocycles. The third-order valence-electron chi connectivity index (χ3n) is 10.4. The van der Waals surface area contributed by atoms with E-state index < -0.39 is 47.2 Å². The smallest absolute Gasteiger partial charge is 0.411 e. The lowest BCUT2D eigenvalue weighted by Gasteiger charge is -2.42. The molecule has 1 amide bonds. The van der Waals surface area contributed by atoms with Crippen molar-refractivity contribution in [2.24, 2.45) is 17.8 Å². The van der Waals surface area contributed by atoms with E-state index in [9.17, 15) is 14.4 Å². The number of carbonyl (C=O) groups is 3. The number of nitrogens with one attached hydrogen (secondary N) is 1. The summed E-state index contributed by atoms with van der Waals surface area (Å²) >= 11 is 1.50. The monoisotopic (exact) mass is 670 g/mol. The highest BCUT2D eigenvalue weighted by Crippen LogP contribution is 2.40. The molecule has 258 valence electrons. The molecule has 12 nitrogen and oxygen atoms in total. The van der Waals surface area contributed by atoms with Gasteiger partial charge >= 0.3 is 12.1 Å². The van der Waals surface area contributed by atoms with Crippen molar-refractivity contribution in [2.45, 2.75) is 109 Å². The third-order valence-corrected chi connectivity index (χ3v) is 11.2. The topological polar surface area (TPSA) is 138 Å². The molecule has 2 saturated heterocycles. The predicted molar refractivity (Wildman–Crippen MR) is 183 cm³/mol. The summed E-state index contributed by atoms with van der Waals surface area (Å²) in [4.78, 5) is 46.7. The number of amides is 1. The minimum Gasteiger partial charge on any atom is -0.458 e. The van der Waals surface area contributed by atoms with Crippen molar-refractivity contribution in [1.29, 1.82) is 0 Å². The molecule has 4 rings (SSSR count). The Bertz CT molecular complexity index is 1410. The summed E-state index contributed by atoms with van der Waals surface area (Å²) in [6.07, 6.45) is 8.20. The number of hydrogen-bond donors (Lipinski definition) is 1. The molecule has 0 bridgehead atoms. The van der Waals surface area contributed by atoms with Gasteiger partial charge in [0.25, 0.3) is 0 Å². The van der Waals surface area contributed by atoms with E-state index in [4.69, 9.17) is 14.2 Å². The number of hydrogen-bond acceptors (Lipinski definition) is 11. The van der Waals surface area contributed by atoms with Crippen LogP contribution in [0.15, 0.2) is 29.9 Å². The Kier molecular flexibility index (Phi) is 12.1. The summed E-state index contributed by atoms with van der Waals surface area (Å²) in [7, 11) is 3.71. The molecule has 2 aliphatic rings. The van der Waals surface area contributed by atoms with Gasteiger partial charge < -0.3 is 19.5 Å². The normalized spacial score (nSPS) is 34.8. The summed E-state index contributed by atoms with van der Waals surface area (Å²) in [5.41, 5.74) is -0.996. The van der Waals surface area contributed by atoms with Gasteiger partial charge in [-0.05, 0) is 65.2 Å². The number of ketones is 1. The van der Waals surface area contributed by atoms with Crippen LogP contribution in [0.25, 0.3) is 10.7 Å². The Balaban J connectivity index is 1.58. The molecule has 0 aliphatic carbocycles. The van der Waals surface area contributed by atoms with Crippen molar-refractivity contribution in [1.82, 2.24) is 30.2 Å². The van der Waals surface area contributed by atoms with E-state index in [1.807, 2.05) is 66.2 Å². The lowest BCUT2D eigenvalue weighted by Crippen LogP contribution is -2.60. The lowest BCUT2D eigenvalue weighted by molar-refractivity contribution is -0.170. The van der Waals surface area contributed by atoms with Crippen LogP contribution in [-0.4, -0.2) is 100 Å². The number of nitrogens with zero attached hydrogens (tertiary/aromatic N) is 5. The molecule has 2 aromatic heterocycles. The molecule has 4 heterocycles. The Morgan fingerprint density at radius 3 is 2.55 bits per heavy atom. The fourth-order valence-electron chi connectivity index (χ4n) is 7.20. The largest absolute Gasteiger partial charge is 0.458 e. The summed E-state index contributed by atoms with van der Waals surface area (Å²) in [5.74, 6) is -2.02. The number of thiazole rings is 1. The number of cyclic esters (lactones) is 1. The number of aromatic nitrogens is 4. The molecule has 9 atom stereocenters. The molecule has 47 heavy (non-hydrogen) atoms. The fraction of sp³-hybridized carbons (Fsp3) is 0.697. The van der Waals surface area contributed by atoms with E-state index in [1.54, 1.807) is 29.8 Å². The second-order valence-corrected chi connectivity index (χ2v) is 14.6. The standard InChI is InChI=1S/C33H51BN6O6S/c1-9-25-33(7)28(40(31(43)46-33)16-11-10-15-39-19-24(37-38-39)29-36-14-17-47-29)23(5)35-13-12-20(2)18-32(6,44-8)27(34)21(3)26(41)22(4)30(42)45-25/h10-11,14,17,19-23,25,27-28,35H,9,12-13,15-16,18,34H2,1-8H3/b11-10+/t20-,21+,22-,23+,25-,27-,28-,32-,33-/m1/s1. The van der Waals surface area contributed by atoms with Gasteiger partial charge in [-0.25, -0.2) is 14.5 Å². The van der Waals surface area contributed by atoms with Gasteiger partial charge in [-0.3, -0.25) is 14.5 Å². The summed E-state index contributed by atoms with van der Waals surface area (Å²) < 4.78 is 19.9. The van der Waals surface area contributed by atoms with E-state index in [0.717, 1.165) is 17.8 Å². The van der Waals surface area contributed by atoms with E-state index in [-0.39, 0.29) is 24.2 Å². The molecular formula is C33H51BN6O6S. The first-order valence-corrected chi connectivity index (χ1v) is 17.6. The molecular weight excluding hydrogens is 619 g/mol. The molecule has 1 N–H and O–H groups in total. The molecule has 0 saturated carbocycles. The van der Waals surface area contributed by atoms with Gasteiger partial charge in [-0.2, -0.15) is 0 Å². The SMILES string of the molecule is B[C@@H]1[C@@H](C)C(=O)[C@@H](C)C(=O)O[C@H](CC)[C@@]2(C)OC(=O)N(C/C=C/Cn3cc(-c4nccs4)nn3)[C@@H]2[C@H](C)NCC[C@@H](C)C[C@@]1(C)OC. The van der Waals surface area contributed by atoms with Gasteiger partial charge in [0.05, 0.1) is 24.4 Å². The highest BCUT2D eigenvalue weighted by atomic mass is 32.1. The predicted octanol–water partition coefficient (Wildman–Crippen LogP) is 3.94. The molecule has 2 aromatic rings. The maximum atomic E-state index is 13.6. The van der Waals surface area contributed by atoms with Crippen LogP contribution in [0.2, 0.25) is 5.82 Å². The Hall–Kier alpha value is -3.10. The van der Waals surface area contributed by atoms with Crippen LogP contribution in [-0.2, 0) is 30.3 Å². The van der Waals surface area contributed by atoms with Crippen molar-refractivity contribution in [3.63, 3.8) is 0 Å². The van der Waals surface area contributed by atoms with E-state index in [0.29, 0.717) is 31.1 Å². The maximum Gasteiger partial charge on any atom is 0.411 e. The zero-order chi connectivity index (χ0) is 34.5. The number of esters is 1. The average Bonchev–Trinajstić information content (AvgIpc) is 3.79. The van der Waals surface area contributed by atoms with E-state index >= 15 is 0 Å². The third kappa shape index (κ3) is 7.97. The zero-order valence-corrected chi connectivity index (χ0v) is 30.1. The Morgan fingerprint density at radius 2 is 1.89 bits per heavy atom. The second kappa shape index (κ2) is 15.4. The minimum absolute atomic E-state index is 0.122. The van der Waals surface area contributed by atoms with Crippen LogP contribution in [0.1, 0.15) is 67.7 Å². The molecule has 14 heteroatoms. The van der Waals surface area contributed by atoms with Crippen molar-refractivity contribution < 1.29 is 28.6 Å². The highest BCUT2D eigenvalue weighted by Gasteiger charge is 2.58.